The lowest BCUT2D eigenvalue weighted by Crippen LogP contribution is -2.18. The van der Waals surface area contributed by atoms with Crippen LogP contribution in [-0.4, -0.2) is 17.3 Å². The van der Waals surface area contributed by atoms with Crippen molar-refractivity contribution in [2.45, 2.75) is 12.8 Å². The van der Waals surface area contributed by atoms with Crippen molar-refractivity contribution in [1.29, 1.82) is 0 Å². The molecule has 21 heavy (non-hydrogen) atoms. The van der Waals surface area contributed by atoms with Crippen LogP contribution in [0.3, 0.4) is 0 Å². The Labute approximate surface area is 121 Å². The summed E-state index contributed by atoms with van der Waals surface area (Å²) in [5.41, 5.74) is 6.14. The van der Waals surface area contributed by atoms with Gasteiger partial charge in [0, 0.05) is 17.1 Å². The van der Waals surface area contributed by atoms with Crippen LogP contribution >= 0.6 is 11.3 Å². The lowest BCUT2D eigenvalue weighted by atomic mass is 10.2. The first-order valence-electron chi connectivity index (χ1n) is 5.67. The molecule has 2 aromatic rings. The number of carbonyl (C=O) groups is 1. The van der Waals surface area contributed by atoms with E-state index in [0.717, 1.165) is 12.1 Å². The van der Waals surface area contributed by atoms with Gasteiger partial charge in [-0.15, -0.1) is 24.5 Å². The molecule has 1 amide bonds. The number of rotatable bonds is 4. The molecular weight excluding hydrogens is 307 g/mol. The summed E-state index contributed by atoms with van der Waals surface area (Å²) < 4.78 is 40.1. The maximum Gasteiger partial charge on any atom is 0.573 e. The fourth-order valence-corrected chi connectivity index (χ4v) is 2.11. The molecule has 112 valence electrons. The highest BCUT2D eigenvalue weighted by atomic mass is 32.1. The van der Waals surface area contributed by atoms with Gasteiger partial charge in [0.2, 0.25) is 5.91 Å². The predicted octanol–water partition coefficient (Wildman–Crippen LogP) is 2.81. The minimum absolute atomic E-state index is 0.0158. The maximum absolute atomic E-state index is 12.1. The quantitative estimate of drug-likeness (QED) is 0.909. The molecule has 0 aliphatic heterocycles. The number of aromatic nitrogens is 1. The summed E-state index contributed by atoms with van der Waals surface area (Å²) in [7, 11) is 0. The zero-order valence-corrected chi connectivity index (χ0v) is 11.3. The molecule has 0 atom stereocenters. The number of nitrogens with one attached hydrogen (secondary N) is 1. The second-order valence-electron chi connectivity index (χ2n) is 3.98. The third-order valence-electron chi connectivity index (χ3n) is 2.26. The average Bonchev–Trinajstić information content (AvgIpc) is 2.72. The first-order chi connectivity index (χ1) is 9.82. The van der Waals surface area contributed by atoms with Gasteiger partial charge >= 0.3 is 6.36 Å². The summed E-state index contributed by atoms with van der Waals surface area (Å²) >= 11 is 1.20. The van der Waals surface area contributed by atoms with E-state index in [1.165, 1.54) is 23.5 Å². The van der Waals surface area contributed by atoms with E-state index in [1.54, 1.807) is 5.38 Å². The Morgan fingerprint density at radius 2 is 2.19 bits per heavy atom. The molecule has 0 unspecified atom stereocenters. The van der Waals surface area contributed by atoms with Crippen LogP contribution in [0.2, 0.25) is 0 Å². The minimum atomic E-state index is -4.78. The summed E-state index contributed by atoms with van der Waals surface area (Å²) in [5, 5.41) is 4.45. The molecule has 9 heteroatoms. The summed E-state index contributed by atoms with van der Waals surface area (Å²) in [6, 6.07) is 5.03. The van der Waals surface area contributed by atoms with E-state index in [4.69, 9.17) is 5.73 Å². The second-order valence-corrected chi connectivity index (χ2v) is 4.87. The Morgan fingerprint density at radius 3 is 2.81 bits per heavy atom. The molecule has 0 fully saturated rings. The normalized spacial score (nSPS) is 11.2. The fraction of sp³-hybridized carbons (Fsp3) is 0.167. The molecule has 0 bridgehead atoms. The van der Waals surface area contributed by atoms with Gasteiger partial charge in [-0.25, -0.2) is 4.98 Å². The van der Waals surface area contributed by atoms with E-state index in [-0.39, 0.29) is 12.1 Å². The molecular formula is C12H10F3N3O2S. The first kappa shape index (κ1) is 15.1. The molecule has 1 heterocycles. The number of carbonyl (C=O) groups excluding carboxylic acids is 1. The topological polar surface area (TPSA) is 77.2 Å². The van der Waals surface area contributed by atoms with Gasteiger partial charge in [0.25, 0.3) is 0 Å². The summed E-state index contributed by atoms with van der Waals surface area (Å²) in [6.07, 6.45) is -4.79. The third kappa shape index (κ3) is 4.95. The fourth-order valence-electron chi connectivity index (χ4n) is 1.54. The van der Waals surface area contributed by atoms with Gasteiger partial charge in [-0.1, -0.05) is 6.07 Å². The number of halogens is 3. The first-order valence-corrected chi connectivity index (χ1v) is 6.55. The number of amides is 1. The standard InChI is InChI=1S/C12H10F3N3O2S/c13-12(14,15)20-9-3-1-2-7(4-9)17-10(19)5-8-6-21-11(16)18-8/h1-4,6H,5H2,(H2,16,18)(H,17,19). The SMILES string of the molecule is Nc1nc(CC(=O)Nc2cccc(OC(F)(F)F)c2)cs1. The highest BCUT2D eigenvalue weighted by molar-refractivity contribution is 7.13. The van der Waals surface area contributed by atoms with Gasteiger partial charge in [0.05, 0.1) is 12.1 Å². The molecule has 0 aliphatic rings. The largest absolute Gasteiger partial charge is 0.573 e. The molecule has 5 nitrogen and oxygen atoms in total. The average molecular weight is 317 g/mol. The number of thiazole rings is 1. The number of ether oxygens (including phenoxy) is 1. The lowest BCUT2D eigenvalue weighted by molar-refractivity contribution is -0.274. The molecule has 0 saturated carbocycles. The molecule has 0 saturated heterocycles. The van der Waals surface area contributed by atoms with Gasteiger partial charge < -0.3 is 15.8 Å². The highest BCUT2D eigenvalue weighted by Crippen LogP contribution is 2.25. The molecule has 3 N–H and O–H groups in total. The maximum atomic E-state index is 12.1. The van der Waals surface area contributed by atoms with Gasteiger partial charge in [-0.3, -0.25) is 4.79 Å². The smallest absolute Gasteiger partial charge is 0.406 e. The van der Waals surface area contributed by atoms with Gasteiger partial charge in [0.1, 0.15) is 5.75 Å². The highest BCUT2D eigenvalue weighted by Gasteiger charge is 2.31. The third-order valence-corrected chi connectivity index (χ3v) is 2.99. The Morgan fingerprint density at radius 1 is 1.43 bits per heavy atom. The van der Waals surface area contributed by atoms with E-state index in [2.05, 4.69) is 15.0 Å². The molecule has 0 radical (unpaired) electrons. The Hall–Kier alpha value is -2.29. The number of anilines is 2. The van der Waals surface area contributed by atoms with E-state index in [0.29, 0.717) is 10.8 Å². The second kappa shape index (κ2) is 6.00. The van der Waals surface area contributed by atoms with Crippen LogP contribution in [0.25, 0.3) is 0 Å². The zero-order chi connectivity index (χ0) is 15.5. The zero-order valence-electron chi connectivity index (χ0n) is 10.5. The van der Waals surface area contributed by atoms with Crippen molar-refractivity contribution >= 4 is 28.1 Å². The van der Waals surface area contributed by atoms with Crippen LogP contribution < -0.4 is 15.8 Å². The van der Waals surface area contributed by atoms with Crippen LogP contribution in [0.5, 0.6) is 5.75 Å². The molecule has 2 rings (SSSR count). The van der Waals surface area contributed by atoms with Gasteiger partial charge in [0.15, 0.2) is 5.13 Å². The van der Waals surface area contributed by atoms with Crippen molar-refractivity contribution in [3.05, 3.63) is 35.3 Å². The van der Waals surface area contributed by atoms with Crippen LogP contribution in [-0.2, 0) is 11.2 Å². The predicted molar refractivity (Wildman–Crippen MR) is 72.0 cm³/mol. The molecule has 1 aromatic carbocycles. The lowest BCUT2D eigenvalue weighted by Gasteiger charge is -2.10. The summed E-state index contributed by atoms with van der Waals surface area (Å²) in [4.78, 5) is 15.7. The Bertz CT molecular complexity index is 643. The van der Waals surface area contributed by atoms with Crippen molar-refractivity contribution in [2.24, 2.45) is 0 Å². The van der Waals surface area contributed by atoms with Crippen LogP contribution in [0.15, 0.2) is 29.6 Å². The number of benzene rings is 1. The number of alkyl halides is 3. The van der Waals surface area contributed by atoms with Crippen molar-refractivity contribution in [3.8, 4) is 5.75 Å². The van der Waals surface area contributed by atoms with Gasteiger partial charge in [-0.05, 0) is 12.1 Å². The summed E-state index contributed by atoms with van der Waals surface area (Å²) in [6.45, 7) is 0. The van der Waals surface area contributed by atoms with Crippen LogP contribution in [0, 0.1) is 0 Å². The van der Waals surface area contributed by atoms with Crippen LogP contribution in [0.1, 0.15) is 5.69 Å². The van der Waals surface area contributed by atoms with Crippen molar-refractivity contribution in [2.75, 3.05) is 11.1 Å². The van der Waals surface area contributed by atoms with Gasteiger partial charge in [-0.2, -0.15) is 0 Å². The van der Waals surface area contributed by atoms with E-state index < -0.39 is 18.0 Å². The Kier molecular flexibility index (Phi) is 4.32. The molecule has 1 aromatic heterocycles. The van der Waals surface area contributed by atoms with Crippen molar-refractivity contribution < 1.29 is 22.7 Å². The van der Waals surface area contributed by atoms with E-state index in [9.17, 15) is 18.0 Å². The summed E-state index contributed by atoms with van der Waals surface area (Å²) in [5.74, 6) is -0.817. The van der Waals surface area contributed by atoms with E-state index in [1.807, 2.05) is 0 Å². The minimum Gasteiger partial charge on any atom is -0.406 e. The van der Waals surface area contributed by atoms with Crippen molar-refractivity contribution in [1.82, 2.24) is 4.98 Å². The Balaban J connectivity index is 1.99. The number of nitrogens with two attached hydrogens (primary N) is 1. The van der Waals surface area contributed by atoms with Crippen LogP contribution in [0.4, 0.5) is 24.0 Å². The number of hydrogen-bond acceptors (Lipinski definition) is 5. The van der Waals surface area contributed by atoms with E-state index >= 15 is 0 Å². The number of nitrogens with zero attached hydrogens (tertiary/aromatic N) is 1. The number of nitrogen functional groups attached to an aromatic ring is 1. The number of hydrogen-bond donors (Lipinski definition) is 2. The monoisotopic (exact) mass is 317 g/mol. The van der Waals surface area contributed by atoms with Crippen molar-refractivity contribution in [3.63, 3.8) is 0 Å². The molecule has 0 spiro atoms. The molecule has 0 aliphatic carbocycles.